The number of nitrogens with two attached hydrogens (primary N) is 1. The maximum Gasteiger partial charge on any atom is 0.306 e. The molecule has 1 amide bonds. The van der Waals surface area contributed by atoms with Crippen LogP contribution in [0.3, 0.4) is 0 Å². The second-order valence-corrected chi connectivity index (χ2v) is 10.8. The normalized spacial score (nSPS) is 27.7. The lowest BCUT2D eigenvalue weighted by atomic mass is 9.98. The Morgan fingerprint density at radius 2 is 2.00 bits per heavy atom. The molecule has 4 rings (SSSR count). The van der Waals surface area contributed by atoms with Crippen LogP contribution in [0.2, 0.25) is 5.02 Å². The first-order chi connectivity index (χ1) is 17.4. The molecule has 0 spiro atoms. The Balaban J connectivity index is 1.15. The number of amides is 1. The van der Waals surface area contributed by atoms with Crippen LogP contribution in [-0.2, 0) is 14.3 Å². The van der Waals surface area contributed by atoms with Gasteiger partial charge in [0.1, 0.15) is 17.5 Å². The van der Waals surface area contributed by atoms with Crippen LogP contribution in [-0.4, -0.2) is 73.9 Å². The molecule has 1 saturated heterocycles. The third kappa shape index (κ3) is 6.61. The van der Waals surface area contributed by atoms with Crippen LogP contribution in [0.1, 0.15) is 68.1 Å². The number of pyridine rings is 1. The van der Waals surface area contributed by atoms with Gasteiger partial charge in [0.2, 0.25) is 5.88 Å². The molecule has 1 aromatic rings. The number of aromatic nitrogens is 1. The largest absolute Gasteiger partial charge is 0.480 e. The maximum absolute atomic E-state index is 12.9. The number of esters is 1. The molecule has 0 radical (unpaired) electrons. The number of rotatable bonds is 11. The molecule has 2 heterocycles. The Morgan fingerprint density at radius 1 is 1.17 bits per heavy atom. The van der Waals surface area contributed by atoms with Crippen LogP contribution in [0.25, 0.3) is 0 Å². The molecule has 5 atom stereocenters. The summed E-state index contributed by atoms with van der Waals surface area (Å²) in [5.41, 5.74) is 5.97. The number of nitrogens with zero attached hydrogens (tertiary/aromatic N) is 2. The van der Waals surface area contributed by atoms with E-state index in [9.17, 15) is 9.59 Å². The van der Waals surface area contributed by atoms with Crippen LogP contribution in [0.4, 0.5) is 5.82 Å². The third-order valence-corrected chi connectivity index (χ3v) is 8.28. The fourth-order valence-electron chi connectivity index (χ4n) is 5.98. The molecular weight excluding hydrogens is 484 g/mol. The Bertz CT molecular complexity index is 932. The number of likely N-dealkylation sites (tertiary alicyclic amines) is 1. The molecule has 2 aliphatic carbocycles. The highest BCUT2D eigenvalue weighted by atomic mass is 35.5. The number of unbranched alkanes of at least 4 members (excludes halogenated alkanes) is 2. The molecular formula is C26H39ClN4O5. The van der Waals surface area contributed by atoms with Crippen molar-refractivity contribution in [3.63, 3.8) is 0 Å². The second kappa shape index (κ2) is 12.4. The van der Waals surface area contributed by atoms with E-state index in [0.29, 0.717) is 12.3 Å². The molecule has 1 aromatic heterocycles. The summed E-state index contributed by atoms with van der Waals surface area (Å²) < 4.78 is 16.7. The zero-order valence-corrected chi connectivity index (χ0v) is 22.1. The third-order valence-electron chi connectivity index (χ3n) is 7.98. The van der Waals surface area contributed by atoms with Crippen LogP contribution < -0.4 is 15.8 Å². The Kier molecular flexibility index (Phi) is 9.30. The zero-order valence-electron chi connectivity index (χ0n) is 21.3. The minimum Gasteiger partial charge on any atom is -0.480 e. The van der Waals surface area contributed by atoms with Gasteiger partial charge in [-0.2, -0.15) is 4.98 Å². The van der Waals surface area contributed by atoms with Gasteiger partial charge in [-0.1, -0.05) is 18.0 Å². The number of nitrogen functional groups attached to an aromatic ring is 1. The maximum atomic E-state index is 12.9. The minimum absolute atomic E-state index is 0.0298. The highest BCUT2D eigenvalue weighted by molar-refractivity contribution is 6.33. The van der Waals surface area contributed by atoms with E-state index in [1.807, 2.05) is 0 Å². The van der Waals surface area contributed by atoms with E-state index in [4.69, 9.17) is 31.5 Å². The molecule has 3 fully saturated rings. The van der Waals surface area contributed by atoms with Gasteiger partial charge in [0.25, 0.3) is 5.91 Å². The molecule has 9 nitrogen and oxygen atoms in total. The highest BCUT2D eigenvalue weighted by Gasteiger charge is 2.41. The van der Waals surface area contributed by atoms with Crippen molar-refractivity contribution in [3.05, 3.63) is 16.7 Å². The van der Waals surface area contributed by atoms with E-state index >= 15 is 0 Å². The number of carbonyl (C=O) groups excluding carboxylic acids is 2. The smallest absolute Gasteiger partial charge is 0.306 e. The molecule has 3 aliphatic rings. The van der Waals surface area contributed by atoms with Crippen molar-refractivity contribution in [2.75, 3.05) is 39.6 Å². The van der Waals surface area contributed by atoms with Gasteiger partial charge in [-0.25, -0.2) is 0 Å². The van der Waals surface area contributed by atoms with Crippen molar-refractivity contribution in [2.45, 2.75) is 76.0 Å². The second-order valence-electron chi connectivity index (χ2n) is 10.4. The fraction of sp³-hybridized carbons (Fsp3) is 0.731. The van der Waals surface area contributed by atoms with Crippen molar-refractivity contribution >= 4 is 29.3 Å². The molecule has 3 unspecified atom stereocenters. The number of nitrogens with one attached hydrogen (secondary N) is 1. The molecule has 0 aromatic carbocycles. The average molecular weight is 523 g/mol. The summed E-state index contributed by atoms with van der Waals surface area (Å²) >= 11 is 6.06. The minimum atomic E-state index is -0.320. The summed E-state index contributed by atoms with van der Waals surface area (Å²) in [6.07, 6.45) is 9.05. The Labute approximate surface area is 218 Å². The number of ether oxygens (including phenoxy) is 3. The van der Waals surface area contributed by atoms with Crippen LogP contribution in [0.15, 0.2) is 6.07 Å². The zero-order chi connectivity index (χ0) is 25.7. The SMILES string of the molecule is COc1nc(N)c(Cl)cc1C(=O)N[C@@H]1CCN(CCCCCC(=O)OC2CC3CCC2C3)C[C@@H]1OC. The van der Waals surface area contributed by atoms with Crippen molar-refractivity contribution in [3.8, 4) is 5.88 Å². The van der Waals surface area contributed by atoms with Crippen molar-refractivity contribution in [1.29, 1.82) is 0 Å². The van der Waals surface area contributed by atoms with Crippen LogP contribution >= 0.6 is 11.6 Å². The first-order valence-corrected chi connectivity index (χ1v) is 13.5. The summed E-state index contributed by atoms with van der Waals surface area (Å²) in [5, 5.41) is 3.25. The topological polar surface area (TPSA) is 116 Å². The standard InChI is InChI=1S/C26H39ClN4O5/c1-34-22-15-31(10-5-3-4-6-23(32)36-21-13-16-7-8-17(21)12-16)11-9-20(22)29-25(33)18-14-19(27)24(28)30-26(18)35-2/h14,16-17,20-22H,3-13,15H2,1-2H3,(H2,28,30)(H,29,33)/t16?,17?,20-,21?,22+/m1/s1. The Morgan fingerprint density at radius 3 is 2.69 bits per heavy atom. The van der Waals surface area contributed by atoms with Gasteiger partial charge >= 0.3 is 5.97 Å². The van der Waals surface area contributed by atoms with Crippen molar-refractivity contribution < 1.29 is 23.8 Å². The van der Waals surface area contributed by atoms with Gasteiger partial charge in [-0.3, -0.25) is 9.59 Å². The number of hydrogen-bond donors (Lipinski definition) is 2. The number of piperidine rings is 1. The lowest BCUT2D eigenvalue weighted by Crippen LogP contribution is -2.54. The van der Waals surface area contributed by atoms with Gasteiger partial charge in [0.05, 0.1) is 24.3 Å². The van der Waals surface area contributed by atoms with E-state index in [1.54, 1.807) is 7.11 Å². The predicted octanol–water partition coefficient (Wildman–Crippen LogP) is 3.44. The molecule has 3 N–H and O–H groups in total. The number of fused-ring (bicyclic) bond motifs is 2. The number of hydrogen-bond acceptors (Lipinski definition) is 8. The Hall–Kier alpha value is -2.10. The van der Waals surface area contributed by atoms with Gasteiger partial charge in [-0.15, -0.1) is 0 Å². The fourth-order valence-corrected chi connectivity index (χ4v) is 6.13. The average Bonchev–Trinajstić information content (AvgIpc) is 3.49. The number of methoxy groups -OCH3 is 2. The first kappa shape index (κ1) is 26.9. The van der Waals surface area contributed by atoms with E-state index in [2.05, 4.69) is 15.2 Å². The summed E-state index contributed by atoms with van der Waals surface area (Å²) in [6, 6.07) is 1.34. The van der Waals surface area contributed by atoms with E-state index < -0.39 is 0 Å². The predicted molar refractivity (Wildman–Crippen MR) is 137 cm³/mol. The molecule has 200 valence electrons. The van der Waals surface area contributed by atoms with E-state index in [-0.39, 0.29) is 52.4 Å². The van der Waals surface area contributed by atoms with E-state index in [1.165, 1.54) is 32.4 Å². The van der Waals surface area contributed by atoms with Gasteiger partial charge < -0.3 is 30.2 Å². The van der Waals surface area contributed by atoms with E-state index in [0.717, 1.165) is 57.7 Å². The van der Waals surface area contributed by atoms with Crippen molar-refractivity contribution in [2.24, 2.45) is 11.8 Å². The lowest BCUT2D eigenvalue weighted by Gasteiger charge is -2.38. The number of halogens is 1. The van der Waals surface area contributed by atoms with Crippen LogP contribution in [0, 0.1) is 11.8 Å². The van der Waals surface area contributed by atoms with Crippen LogP contribution in [0.5, 0.6) is 5.88 Å². The van der Waals surface area contributed by atoms with Crippen molar-refractivity contribution in [1.82, 2.24) is 15.2 Å². The summed E-state index contributed by atoms with van der Waals surface area (Å²) in [7, 11) is 3.10. The number of carbonyl (C=O) groups is 2. The summed E-state index contributed by atoms with van der Waals surface area (Å²) in [4.78, 5) is 31.5. The quantitative estimate of drug-likeness (QED) is 0.335. The molecule has 36 heavy (non-hydrogen) atoms. The highest BCUT2D eigenvalue weighted by Crippen LogP contribution is 2.46. The first-order valence-electron chi connectivity index (χ1n) is 13.1. The molecule has 2 bridgehead atoms. The summed E-state index contributed by atoms with van der Waals surface area (Å²) in [5.74, 6) is 1.31. The van der Waals surface area contributed by atoms with Gasteiger partial charge in [0, 0.05) is 26.6 Å². The number of anilines is 1. The molecule has 10 heteroatoms. The molecule has 1 aliphatic heterocycles. The van der Waals surface area contributed by atoms with Gasteiger partial charge in [0.15, 0.2) is 0 Å². The van der Waals surface area contributed by atoms with Gasteiger partial charge in [-0.05, 0) is 69.4 Å². The summed E-state index contributed by atoms with van der Waals surface area (Å²) in [6.45, 7) is 2.52. The lowest BCUT2D eigenvalue weighted by molar-refractivity contribution is -0.151. The molecule has 2 saturated carbocycles. The monoisotopic (exact) mass is 522 g/mol.